The molecule has 0 saturated heterocycles. The molecule has 1 N–H and O–H groups in total. The molecule has 1 rings (SSSR count). The van der Waals surface area contributed by atoms with Gasteiger partial charge in [-0.25, -0.2) is 13.1 Å². The zero-order valence-electron chi connectivity index (χ0n) is 10.0. The average molecular weight is 316 g/mol. The predicted octanol–water partition coefficient (Wildman–Crippen LogP) is 3.04. The first-order chi connectivity index (χ1) is 8.64. The third kappa shape index (κ3) is 5.38. The molecular formula is C11H13ClF3NO2S. The van der Waals surface area contributed by atoms with Gasteiger partial charge in [0.1, 0.15) is 0 Å². The largest absolute Gasteiger partial charge is 0.390 e. The van der Waals surface area contributed by atoms with E-state index < -0.39 is 28.7 Å². The summed E-state index contributed by atoms with van der Waals surface area (Å²) in [6, 6.07) is 4.52. The van der Waals surface area contributed by atoms with Gasteiger partial charge in [-0.3, -0.25) is 0 Å². The van der Waals surface area contributed by atoms with Crippen LogP contribution in [0.2, 0.25) is 0 Å². The average Bonchev–Trinajstić information content (AvgIpc) is 2.25. The van der Waals surface area contributed by atoms with E-state index in [1.807, 2.05) is 4.72 Å². The predicted molar refractivity (Wildman–Crippen MR) is 66.5 cm³/mol. The molecule has 0 aliphatic heterocycles. The highest BCUT2D eigenvalue weighted by Crippen LogP contribution is 2.22. The highest BCUT2D eigenvalue weighted by molar-refractivity contribution is 7.89. The van der Waals surface area contributed by atoms with Crippen molar-refractivity contribution in [2.75, 3.05) is 0 Å². The van der Waals surface area contributed by atoms with Crippen molar-refractivity contribution < 1.29 is 21.6 Å². The quantitative estimate of drug-likeness (QED) is 0.849. The molecular weight excluding hydrogens is 303 g/mol. The van der Waals surface area contributed by atoms with Crippen LogP contribution < -0.4 is 4.72 Å². The van der Waals surface area contributed by atoms with E-state index in [4.69, 9.17) is 11.6 Å². The van der Waals surface area contributed by atoms with Gasteiger partial charge < -0.3 is 0 Å². The molecule has 0 aromatic heterocycles. The summed E-state index contributed by atoms with van der Waals surface area (Å²) in [5, 5.41) is 0. The van der Waals surface area contributed by atoms with E-state index in [1.165, 1.54) is 18.2 Å². The Bertz CT molecular complexity index is 531. The van der Waals surface area contributed by atoms with Gasteiger partial charge in [-0.05, 0) is 24.6 Å². The van der Waals surface area contributed by atoms with Crippen LogP contribution in [0.1, 0.15) is 18.9 Å². The van der Waals surface area contributed by atoms with Crippen molar-refractivity contribution in [3.05, 3.63) is 29.8 Å². The third-order valence-corrected chi connectivity index (χ3v) is 4.15. The van der Waals surface area contributed by atoms with Crippen molar-refractivity contribution in [1.82, 2.24) is 4.72 Å². The van der Waals surface area contributed by atoms with E-state index in [9.17, 15) is 21.6 Å². The number of sulfonamides is 1. The molecule has 8 heteroatoms. The first-order valence-corrected chi connectivity index (χ1v) is 7.40. The molecule has 0 saturated carbocycles. The van der Waals surface area contributed by atoms with Crippen molar-refractivity contribution >= 4 is 21.6 Å². The Kier molecular flexibility index (Phi) is 5.23. The van der Waals surface area contributed by atoms with E-state index in [0.29, 0.717) is 5.56 Å². The standard InChI is InChI=1S/C11H13ClF3NO2S/c1-8(6-11(13,14)15)16-19(17,18)10-4-2-3-9(5-10)7-12/h2-5,8,16H,6-7H2,1H3. The molecule has 3 nitrogen and oxygen atoms in total. The Labute approximate surface area is 114 Å². The zero-order chi connectivity index (χ0) is 14.7. The molecule has 19 heavy (non-hydrogen) atoms. The second-order valence-corrected chi connectivity index (χ2v) is 6.10. The van der Waals surface area contributed by atoms with Crippen LogP contribution in [0.5, 0.6) is 0 Å². The van der Waals surface area contributed by atoms with E-state index in [-0.39, 0.29) is 10.8 Å². The van der Waals surface area contributed by atoms with Crippen molar-refractivity contribution in [3.8, 4) is 0 Å². The van der Waals surface area contributed by atoms with Gasteiger partial charge in [0.2, 0.25) is 10.0 Å². The molecule has 1 aromatic carbocycles. The van der Waals surface area contributed by atoms with Crippen LogP contribution in [0.25, 0.3) is 0 Å². The normalized spacial score (nSPS) is 14.4. The molecule has 0 spiro atoms. The Morgan fingerprint density at radius 2 is 2.00 bits per heavy atom. The number of hydrogen-bond donors (Lipinski definition) is 1. The van der Waals surface area contributed by atoms with Crippen molar-refractivity contribution in [2.45, 2.75) is 36.3 Å². The SMILES string of the molecule is CC(CC(F)(F)F)NS(=O)(=O)c1cccc(CCl)c1. The Balaban J connectivity index is 2.86. The first kappa shape index (κ1) is 16.3. The minimum atomic E-state index is -4.42. The van der Waals surface area contributed by atoms with Gasteiger partial charge in [0.05, 0.1) is 11.3 Å². The van der Waals surface area contributed by atoms with Crippen LogP contribution in [-0.2, 0) is 15.9 Å². The van der Waals surface area contributed by atoms with Gasteiger partial charge in [-0.2, -0.15) is 13.2 Å². The molecule has 0 amide bonds. The van der Waals surface area contributed by atoms with E-state index in [1.54, 1.807) is 6.07 Å². The van der Waals surface area contributed by atoms with Crippen LogP contribution >= 0.6 is 11.6 Å². The van der Waals surface area contributed by atoms with Gasteiger partial charge in [-0.15, -0.1) is 11.6 Å². The molecule has 0 heterocycles. The maximum absolute atomic E-state index is 12.2. The molecule has 1 atom stereocenters. The molecule has 0 radical (unpaired) electrons. The number of hydrogen-bond acceptors (Lipinski definition) is 2. The summed E-state index contributed by atoms with van der Waals surface area (Å²) in [6.07, 6.45) is -5.64. The lowest BCUT2D eigenvalue weighted by atomic mass is 10.2. The van der Waals surface area contributed by atoms with Crippen LogP contribution in [0.15, 0.2) is 29.2 Å². The number of rotatable bonds is 5. The molecule has 0 bridgehead atoms. The lowest BCUT2D eigenvalue weighted by Gasteiger charge is -2.16. The number of alkyl halides is 4. The number of benzene rings is 1. The molecule has 108 valence electrons. The number of nitrogens with one attached hydrogen (secondary N) is 1. The monoisotopic (exact) mass is 315 g/mol. The smallest absolute Gasteiger partial charge is 0.208 e. The van der Waals surface area contributed by atoms with Crippen LogP contribution in [0, 0.1) is 0 Å². The third-order valence-electron chi connectivity index (χ3n) is 2.26. The van der Waals surface area contributed by atoms with Gasteiger partial charge in [-0.1, -0.05) is 12.1 Å². The first-order valence-electron chi connectivity index (χ1n) is 5.38. The van der Waals surface area contributed by atoms with Crippen molar-refractivity contribution in [3.63, 3.8) is 0 Å². The van der Waals surface area contributed by atoms with Gasteiger partial charge in [0.15, 0.2) is 0 Å². The second-order valence-electron chi connectivity index (χ2n) is 4.12. The Hall–Kier alpha value is -0.790. The summed E-state index contributed by atoms with van der Waals surface area (Å²) < 4.78 is 62.2. The van der Waals surface area contributed by atoms with Crippen molar-refractivity contribution in [1.29, 1.82) is 0 Å². The summed E-state index contributed by atoms with van der Waals surface area (Å²) >= 11 is 5.58. The fourth-order valence-electron chi connectivity index (χ4n) is 1.52. The fourth-order valence-corrected chi connectivity index (χ4v) is 3.00. The summed E-state index contributed by atoms with van der Waals surface area (Å²) in [4.78, 5) is -0.0975. The highest BCUT2D eigenvalue weighted by atomic mass is 35.5. The zero-order valence-corrected chi connectivity index (χ0v) is 11.6. The highest BCUT2D eigenvalue weighted by Gasteiger charge is 2.31. The second kappa shape index (κ2) is 6.11. The van der Waals surface area contributed by atoms with E-state index in [2.05, 4.69) is 0 Å². The van der Waals surface area contributed by atoms with Crippen LogP contribution in [0.3, 0.4) is 0 Å². The molecule has 0 fully saturated rings. The Morgan fingerprint density at radius 1 is 1.37 bits per heavy atom. The van der Waals surface area contributed by atoms with Crippen LogP contribution in [0.4, 0.5) is 13.2 Å². The van der Waals surface area contributed by atoms with Gasteiger partial charge >= 0.3 is 6.18 Å². The summed E-state index contributed by atoms with van der Waals surface area (Å²) in [7, 11) is -3.97. The summed E-state index contributed by atoms with van der Waals surface area (Å²) in [5.74, 6) is 0.126. The summed E-state index contributed by atoms with van der Waals surface area (Å²) in [5.41, 5.74) is 0.577. The summed E-state index contributed by atoms with van der Waals surface area (Å²) in [6.45, 7) is 1.16. The minimum Gasteiger partial charge on any atom is -0.208 e. The number of halogens is 4. The minimum absolute atomic E-state index is 0.0975. The van der Waals surface area contributed by atoms with Crippen LogP contribution in [-0.4, -0.2) is 20.6 Å². The van der Waals surface area contributed by atoms with Gasteiger partial charge in [0.25, 0.3) is 0 Å². The topological polar surface area (TPSA) is 46.2 Å². The molecule has 0 aliphatic carbocycles. The van der Waals surface area contributed by atoms with E-state index in [0.717, 1.165) is 6.92 Å². The maximum atomic E-state index is 12.2. The van der Waals surface area contributed by atoms with Crippen molar-refractivity contribution in [2.24, 2.45) is 0 Å². The molecule has 1 aromatic rings. The Morgan fingerprint density at radius 3 is 2.53 bits per heavy atom. The van der Waals surface area contributed by atoms with Gasteiger partial charge in [0, 0.05) is 11.9 Å². The maximum Gasteiger partial charge on any atom is 0.390 e. The fraction of sp³-hybridized carbons (Fsp3) is 0.455. The lowest BCUT2D eigenvalue weighted by Crippen LogP contribution is -2.35. The molecule has 1 unspecified atom stereocenters. The van der Waals surface area contributed by atoms with E-state index >= 15 is 0 Å². The lowest BCUT2D eigenvalue weighted by molar-refractivity contribution is -0.137. The molecule has 0 aliphatic rings.